The minimum absolute atomic E-state index is 0.0765. The number of aromatic nitrogens is 2. The van der Waals surface area contributed by atoms with E-state index in [-0.39, 0.29) is 33.2 Å². The van der Waals surface area contributed by atoms with E-state index in [1.807, 2.05) is 39.0 Å². The highest BCUT2D eigenvalue weighted by molar-refractivity contribution is 6.34. The van der Waals surface area contributed by atoms with Crippen LogP contribution in [0.3, 0.4) is 0 Å². The lowest BCUT2D eigenvalue weighted by molar-refractivity contribution is 0.306. The van der Waals surface area contributed by atoms with Crippen LogP contribution >= 0.6 is 23.2 Å². The second kappa shape index (κ2) is 10.2. The lowest BCUT2D eigenvalue weighted by Crippen LogP contribution is -2.48. The van der Waals surface area contributed by atoms with Crippen LogP contribution in [0.1, 0.15) is 30.9 Å². The van der Waals surface area contributed by atoms with Gasteiger partial charge in [0, 0.05) is 31.1 Å². The largest absolute Gasteiger partial charge is 0.496 e. The first-order valence-corrected chi connectivity index (χ1v) is 13.2. The van der Waals surface area contributed by atoms with Gasteiger partial charge in [-0.25, -0.2) is 4.39 Å². The van der Waals surface area contributed by atoms with Crippen LogP contribution < -0.4 is 21.2 Å². The van der Waals surface area contributed by atoms with Crippen molar-refractivity contribution in [3.05, 3.63) is 90.2 Å². The predicted octanol–water partition coefficient (Wildman–Crippen LogP) is 5.93. The van der Waals surface area contributed by atoms with Crippen LogP contribution in [0.5, 0.6) is 5.75 Å². The maximum atomic E-state index is 15.4. The zero-order valence-electron chi connectivity index (χ0n) is 21.6. The molecule has 0 unspecified atom stereocenters. The van der Waals surface area contributed by atoms with Crippen LogP contribution in [0, 0.1) is 18.7 Å². The fourth-order valence-corrected chi connectivity index (χ4v) is 5.52. The Hall–Kier alpha value is -3.13. The number of aryl methyl sites for hydroxylation is 1. The minimum Gasteiger partial charge on any atom is -0.496 e. The van der Waals surface area contributed by atoms with Crippen LogP contribution in [-0.4, -0.2) is 29.3 Å². The number of halogens is 3. The molecule has 1 aliphatic rings. The van der Waals surface area contributed by atoms with Crippen molar-refractivity contribution in [3.8, 4) is 22.6 Å². The van der Waals surface area contributed by atoms with Crippen molar-refractivity contribution >= 4 is 34.2 Å². The summed E-state index contributed by atoms with van der Waals surface area (Å²) in [5.41, 5.74) is 2.41. The highest BCUT2D eigenvalue weighted by atomic mass is 35.5. The summed E-state index contributed by atoms with van der Waals surface area (Å²) in [5, 5.41) is 3.32. The van der Waals surface area contributed by atoms with Crippen molar-refractivity contribution in [1.29, 1.82) is 0 Å². The van der Waals surface area contributed by atoms with Gasteiger partial charge in [0.25, 0.3) is 0 Å². The van der Waals surface area contributed by atoms with Crippen molar-refractivity contribution < 1.29 is 9.13 Å². The Kier molecular flexibility index (Phi) is 7.11. The van der Waals surface area contributed by atoms with E-state index in [0.29, 0.717) is 28.8 Å². The summed E-state index contributed by atoms with van der Waals surface area (Å²) in [6, 6.07) is 12.0. The molecule has 0 spiro atoms. The number of hydrogen-bond acceptors (Lipinski definition) is 4. The summed E-state index contributed by atoms with van der Waals surface area (Å²) >= 11 is 12.9. The molecule has 0 aliphatic carbocycles. The van der Waals surface area contributed by atoms with E-state index in [0.717, 1.165) is 24.2 Å². The zero-order valence-corrected chi connectivity index (χ0v) is 23.1. The third-order valence-corrected chi connectivity index (χ3v) is 7.80. The van der Waals surface area contributed by atoms with E-state index in [2.05, 4.69) is 5.32 Å². The van der Waals surface area contributed by atoms with Gasteiger partial charge in [-0.1, -0.05) is 55.2 Å². The number of para-hydroxylation sites is 1. The molecule has 9 heteroatoms. The number of methoxy groups -OCH3 is 1. The Morgan fingerprint density at radius 1 is 1.05 bits per heavy atom. The first kappa shape index (κ1) is 26.5. The van der Waals surface area contributed by atoms with E-state index in [9.17, 15) is 9.59 Å². The second-order valence-electron chi connectivity index (χ2n) is 10.0. The van der Waals surface area contributed by atoms with Crippen LogP contribution in [-0.2, 0) is 6.54 Å². The van der Waals surface area contributed by atoms with Crippen molar-refractivity contribution in [2.75, 3.05) is 20.2 Å². The average Bonchev–Trinajstić information content (AvgIpc) is 2.85. The van der Waals surface area contributed by atoms with Crippen molar-refractivity contribution in [1.82, 2.24) is 14.5 Å². The molecule has 38 heavy (non-hydrogen) atoms. The third-order valence-electron chi connectivity index (χ3n) is 7.19. The van der Waals surface area contributed by atoms with Gasteiger partial charge in [-0.15, -0.1) is 0 Å². The Morgan fingerprint density at radius 3 is 2.42 bits per heavy atom. The molecule has 1 saturated heterocycles. The Bertz CT molecular complexity index is 1690. The molecular weight excluding hydrogens is 528 g/mol. The summed E-state index contributed by atoms with van der Waals surface area (Å²) < 4.78 is 23.8. The first-order chi connectivity index (χ1) is 18.1. The summed E-state index contributed by atoms with van der Waals surface area (Å²) in [6.07, 6.45) is 0. The highest BCUT2D eigenvalue weighted by Crippen LogP contribution is 2.41. The van der Waals surface area contributed by atoms with Gasteiger partial charge in [-0.05, 0) is 48.2 Å². The molecule has 0 amide bonds. The van der Waals surface area contributed by atoms with Crippen LogP contribution in [0.15, 0.2) is 52.1 Å². The molecule has 0 bridgehead atoms. The second-order valence-corrected chi connectivity index (χ2v) is 10.8. The van der Waals surface area contributed by atoms with Gasteiger partial charge in [0.05, 0.1) is 39.4 Å². The molecule has 1 fully saturated rings. The molecule has 0 atom stereocenters. The molecule has 5 rings (SSSR count). The lowest BCUT2D eigenvalue weighted by Gasteiger charge is -2.29. The number of nitrogens with one attached hydrogen (secondary N) is 1. The molecule has 6 nitrogen and oxygen atoms in total. The van der Waals surface area contributed by atoms with Gasteiger partial charge in [0.15, 0.2) is 5.82 Å². The molecular formula is C29H28Cl2FN3O3. The van der Waals surface area contributed by atoms with Gasteiger partial charge in [0.1, 0.15) is 5.75 Å². The summed E-state index contributed by atoms with van der Waals surface area (Å²) in [5.74, 6) is -0.157. The van der Waals surface area contributed by atoms with Crippen LogP contribution in [0.4, 0.5) is 4.39 Å². The fourth-order valence-electron chi connectivity index (χ4n) is 5.11. The molecule has 1 aromatic heterocycles. The molecule has 4 aromatic rings. The molecule has 0 saturated carbocycles. The van der Waals surface area contributed by atoms with Crippen molar-refractivity contribution in [3.63, 3.8) is 0 Å². The number of fused-ring (bicyclic) bond motifs is 1. The number of benzene rings is 3. The van der Waals surface area contributed by atoms with Gasteiger partial charge in [-0.2, -0.15) is 0 Å². The summed E-state index contributed by atoms with van der Waals surface area (Å²) in [4.78, 5) is 27.4. The van der Waals surface area contributed by atoms with E-state index in [4.69, 9.17) is 27.9 Å². The molecule has 2 heterocycles. The quantitative estimate of drug-likeness (QED) is 0.300. The summed E-state index contributed by atoms with van der Waals surface area (Å²) in [7, 11) is 1.43. The number of rotatable bonds is 6. The van der Waals surface area contributed by atoms with Gasteiger partial charge in [-0.3, -0.25) is 14.2 Å². The molecule has 1 aliphatic heterocycles. The summed E-state index contributed by atoms with van der Waals surface area (Å²) in [6.45, 7) is 7.84. The number of ether oxygens (including phenoxy) is 1. The van der Waals surface area contributed by atoms with E-state index < -0.39 is 16.9 Å². The molecule has 0 radical (unpaired) electrons. The average molecular weight is 556 g/mol. The SMILES string of the molecule is COc1ccc(Cl)c(F)c1-c1cc2c(cc1Cl)n(CC1CNC1)c(=O)c(=O)n2-c1c(C)cccc1C(C)C. The molecule has 1 N–H and O–H groups in total. The first-order valence-electron chi connectivity index (χ1n) is 12.5. The minimum atomic E-state index is -0.686. The Morgan fingerprint density at radius 2 is 1.79 bits per heavy atom. The Labute approximate surface area is 229 Å². The van der Waals surface area contributed by atoms with Crippen LogP contribution in [0.2, 0.25) is 10.0 Å². The predicted molar refractivity (Wildman–Crippen MR) is 151 cm³/mol. The molecule has 198 valence electrons. The van der Waals surface area contributed by atoms with Crippen molar-refractivity contribution in [2.24, 2.45) is 5.92 Å². The third kappa shape index (κ3) is 4.32. The molecule has 3 aromatic carbocycles. The lowest BCUT2D eigenvalue weighted by atomic mass is 9.97. The van der Waals surface area contributed by atoms with E-state index in [1.165, 1.54) is 22.3 Å². The topological polar surface area (TPSA) is 65.3 Å². The van der Waals surface area contributed by atoms with E-state index in [1.54, 1.807) is 18.2 Å². The van der Waals surface area contributed by atoms with E-state index >= 15 is 4.39 Å². The van der Waals surface area contributed by atoms with Crippen LogP contribution in [0.25, 0.3) is 27.8 Å². The van der Waals surface area contributed by atoms with Gasteiger partial charge in [0.2, 0.25) is 0 Å². The van der Waals surface area contributed by atoms with Gasteiger partial charge >= 0.3 is 11.1 Å². The highest BCUT2D eigenvalue weighted by Gasteiger charge is 2.26. The standard InChI is InChI=1S/C29H28Cl2FN3O3/c1-15(2)18-7-5-6-16(3)27(18)35-23-10-19(25-24(38-4)9-8-20(30)26(25)32)21(31)11-22(23)34(28(36)29(35)37)14-17-12-33-13-17/h5-11,15,17,33H,12-14H2,1-4H3. The van der Waals surface area contributed by atoms with Gasteiger partial charge < -0.3 is 14.6 Å². The normalized spacial score (nSPS) is 13.8. The fraction of sp³-hybridized carbons (Fsp3) is 0.310. The zero-order chi connectivity index (χ0) is 27.3. The number of hydrogen-bond donors (Lipinski definition) is 1. The number of nitrogens with zero attached hydrogens (tertiary/aromatic N) is 2. The smallest absolute Gasteiger partial charge is 0.321 e. The maximum absolute atomic E-state index is 15.4. The van der Waals surface area contributed by atoms with Crippen molar-refractivity contribution in [2.45, 2.75) is 33.2 Å². The Balaban J connectivity index is 1.95. The monoisotopic (exact) mass is 555 g/mol. The maximum Gasteiger partial charge on any atom is 0.321 e.